The SMILES string of the molecule is CCCCOc1ccc(OCCCC[C@H](N)CS)cc1. The quantitative estimate of drug-likeness (QED) is 0.484. The van der Waals surface area contributed by atoms with E-state index in [4.69, 9.17) is 15.2 Å². The van der Waals surface area contributed by atoms with Crippen molar-refractivity contribution in [1.29, 1.82) is 0 Å². The number of thiol groups is 1. The van der Waals surface area contributed by atoms with E-state index in [0.29, 0.717) is 0 Å². The molecule has 1 aromatic carbocycles. The van der Waals surface area contributed by atoms with Crippen molar-refractivity contribution in [3.05, 3.63) is 24.3 Å². The van der Waals surface area contributed by atoms with Gasteiger partial charge in [0.05, 0.1) is 13.2 Å². The zero-order valence-corrected chi connectivity index (χ0v) is 13.3. The van der Waals surface area contributed by atoms with Crippen LogP contribution in [0.4, 0.5) is 0 Å². The fourth-order valence-corrected chi connectivity index (χ4v) is 1.94. The van der Waals surface area contributed by atoms with Crippen LogP contribution in [0.15, 0.2) is 24.3 Å². The maximum Gasteiger partial charge on any atom is 0.119 e. The fourth-order valence-electron chi connectivity index (χ4n) is 1.76. The third-order valence-electron chi connectivity index (χ3n) is 3.06. The van der Waals surface area contributed by atoms with Crippen LogP contribution in [-0.2, 0) is 0 Å². The van der Waals surface area contributed by atoms with E-state index >= 15 is 0 Å². The van der Waals surface area contributed by atoms with Crippen molar-refractivity contribution in [2.75, 3.05) is 19.0 Å². The van der Waals surface area contributed by atoms with Crippen LogP contribution in [0, 0.1) is 0 Å². The molecule has 0 fully saturated rings. The molecule has 4 heteroatoms. The molecule has 0 spiro atoms. The topological polar surface area (TPSA) is 44.5 Å². The van der Waals surface area contributed by atoms with Crippen molar-refractivity contribution in [2.45, 2.75) is 45.1 Å². The van der Waals surface area contributed by atoms with Gasteiger partial charge < -0.3 is 15.2 Å². The first-order valence-electron chi connectivity index (χ1n) is 7.48. The highest BCUT2D eigenvalue weighted by atomic mass is 32.1. The average molecular weight is 297 g/mol. The summed E-state index contributed by atoms with van der Waals surface area (Å²) in [5.41, 5.74) is 5.80. The highest BCUT2D eigenvalue weighted by molar-refractivity contribution is 7.80. The Labute approximate surface area is 128 Å². The summed E-state index contributed by atoms with van der Waals surface area (Å²) >= 11 is 4.17. The second-order valence-electron chi connectivity index (χ2n) is 4.96. The lowest BCUT2D eigenvalue weighted by Crippen LogP contribution is -2.21. The standard InChI is InChI=1S/C16H27NO2S/c1-2-3-11-18-15-7-9-16(10-8-15)19-12-5-4-6-14(17)13-20/h7-10,14,20H,2-6,11-13,17H2,1H3/t14-/m0/s1. The molecule has 3 nitrogen and oxygen atoms in total. The fraction of sp³-hybridized carbons (Fsp3) is 0.625. The van der Waals surface area contributed by atoms with E-state index in [1.54, 1.807) is 0 Å². The molecule has 1 aromatic rings. The smallest absolute Gasteiger partial charge is 0.119 e. The lowest BCUT2D eigenvalue weighted by atomic mass is 10.1. The number of benzene rings is 1. The van der Waals surface area contributed by atoms with Gasteiger partial charge in [0.1, 0.15) is 11.5 Å². The summed E-state index contributed by atoms with van der Waals surface area (Å²) in [4.78, 5) is 0. The molecule has 0 radical (unpaired) electrons. The molecule has 0 unspecified atom stereocenters. The molecule has 1 atom stereocenters. The normalized spacial score (nSPS) is 12.2. The molecule has 0 aromatic heterocycles. The Bertz CT molecular complexity index is 343. The molecule has 114 valence electrons. The monoisotopic (exact) mass is 297 g/mol. The van der Waals surface area contributed by atoms with Gasteiger partial charge in [-0.1, -0.05) is 13.3 Å². The minimum atomic E-state index is 0.206. The number of hydrogen-bond donors (Lipinski definition) is 2. The molecule has 0 saturated carbocycles. The zero-order chi connectivity index (χ0) is 14.6. The first-order chi connectivity index (χ1) is 9.76. The second kappa shape index (κ2) is 10.9. The van der Waals surface area contributed by atoms with Crippen LogP contribution in [0.25, 0.3) is 0 Å². The van der Waals surface area contributed by atoms with Gasteiger partial charge in [0, 0.05) is 11.8 Å². The van der Waals surface area contributed by atoms with Crippen molar-refractivity contribution in [3.63, 3.8) is 0 Å². The number of unbranched alkanes of at least 4 members (excludes halogenated alkanes) is 2. The van der Waals surface area contributed by atoms with Gasteiger partial charge in [0.2, 0.25) is 0 Å². The predicted molar refractivity (Wildman–Crippen MR) is 88.0 cm³/mol. The minimum absolute atomic E-state index is 0.206. The van der Waals surface area contributed by atoms with Gasteiger partial charge >= 0.3 is 0 Å². The van der Waals surface area contributed by atoms with Gasteiger partial charge in [-0.3, -0.25) is 0 Å². The van der Waals surface area contributed by atoms with E-state index < -0.39 is 0 Å². The lowest BCUT2D eigenvalue weighted by molar-refractivity contribution is 0.298. The molecule has 0 heterocycles. The molecule has 0 aliphatic rings. The first-order valence-corrected chi connectivity index (χ1v) is 8.11. The molecule has 0 amide bonds. The molecule has 0 aliphatic heterocycles. The Hall–Kier alpha value is -0.870. The molecule has 0 saturated heterocycles. The first kappa shape index (κ1) is 17.2. The van der Waals surface area contributed by atoms with Gasteiger partial charge in [-0.05, 0) is 49.9 Å². The summed E-state index contributed by atoms with van der Waals surface area (Å²) in [5.74, 6) is 2.55. The Kier molecular flexibility index (Phi) is 9.33. The van der Waals surface area contributed by atoms with E-state index in [-0.39, 0.29) is 6.04 Å². The van der Waals surface area contributed by atoms with E-state index in [9.17, 15) is 0 Å². The van der Waals surface area contributed by atoms with E-state index in [1.165, 1.54) is 0 Å². The van der Waals surface area contributed by atoms with Gasteiger partial charge in [-0.25, -0.2) is 0 Å². The van der Waals surface area contributed by atoms with Crippen LogP contribution in [0.5, 0.6) is 11.5 Å². The third-order valence-corrected chi connectivity index (χ3v) is 3.53. The summed E-state index contributed by atoms with van der Waals surface area (Å²) in [7, 11) is 0. The molecule has 20 heavy (non-hydrogen) atoms. The molecule has 0 bridgehead atoms. The van der Waals surface area contributed by atoms with Gasteiger partial charge in [0.25, 0.3) is 0 Å². The number of hydrogen-bond acceptors (Lipinski definition) is 4. The molecule has 2 N–H and O–H groups in total. The number of ether oxygens (including phenoxy) is 2. The van der Waals surface area contributed by atoms with Gasteiger partial charge in [-0.2, -0.15) is 12.6 Å². The molecule has 1 rings (SSSR count). The lowest BCUT2D eigenvalue weighted by Gasteiger charge is -2.10. The van der Waals surface area contributed by atoms with E-state index in [2.05, 4.69) is 19.6 Å². The van der Waals surface area contributed by atoms with Crippen molar-refractivity contribution in [2.24, 2.45) is 5.73 Å². The zero-order valence-electron chi connectivity index (χ0n) is 12.4. The Morgan fingerprint density at radius 2 is 1.55 bits per heavy atom. The van der Waals surface area contributed by atoms with Crippen LogP contribution in [0.3, 0.4) is 0 Å². The number of nitrogens with two attached hydrogens (primary N) is 1. The maximum atomic E-state index is 5.80. The minimum Gasteiger partial charge on any atom is -0.494 e. The summed E-state index contributed by atoms with van der Waals surface area (Å²) in [6.07, 6.45) is 5.36. The van der Waals surface area contributed by atoms with Crippen LogP contribution in [0.1, 0.15) is 39.0 Å². The van der Waals surface area contributed by atoms with Crippen LogP contribution >= 0.6 is 12.6 Å². The second-order valence-corrected chi connectivity index (χ2v) is 5.33. The van der Waals surface area contributed by atoms with Gasteiger partial charge in [-0.15, -0.1) is 0 Å². The number of rotatable bonds is 11. The van der Waals surface area contributed by atoms with Crippen molar-refractivity contribution in [3.8, 4) is 11.5 Å². The summed E-state index contributed by atoms with van der Waals surface area (Å²) in [6.45, 7) is 3.67. The van der Waals surface area contributed by atoms with Crippen LogP contribution in [-0.4, -0.2) is 25.0 Å². The Morgan fingerprint density at radius 3 is 2.05 bits per heavy atom. The molecular weight excluding hydrogens is 270 g/mol. The van der Waals surface area contributed by atoms with Crippen molar-refractivity contribution in [1.82, 2.24) is 0 Å². The Balaban J connectivity index is 2.14. The highest BCUT2D eigenvalue weighted by Gasteiger charge is 2.00. The molecule has 0 aliphatic carbocycles. The average Bonchev–Trinajstić information content (AvgIpc) is 2.48. The van der Waals surface area contributed by atoms with Crippen molar-refractivity contribution < 1.29 is 9.47 Å². The summed E-state index contributed by atoms with van der Waals surface area (Å²) < 4.78 is 11.3. The summed E-state index contributed by atoms with van der Waals surface area (Å²) in [6, 6.07) is 8.04. The highest BCUT2D eigenvalue weighted by Crippen LogP contribution is 2.18. The van der Waals surface area contributed by atoms with E-state index in [1.807, 2.05) is 24.3 Å². The van der Waals surface area contributed by atoms with E-state index in [0.717, 1.165) is 62.6 Å². The van der Waals surface area contributed by atoms with Crippen LogP contribution < -0.4 is 15.2 Å². The van der Waals surface area contributed by atoms with Crippen LogP contribution in [0.2, 0.25) is 0 Å². The Morgan fingerprint density at radius 1 is 1.00 bits per heavy atom. The van der Waals surface area contributed by atoms with Gasteiger partial charge in [0.15, 0.2) is 0 Å². The largest absolute Gasteiger partial charge is 0.494 e. The predicted octanol–water partition coefficient (Wildman–Crippen LogP) is 3.67. The summed E-state index contributed by atoms with van der Waals surface area (Å²) in [5, 5.41) is 0. The molecular formula is C16H27NO2S. The van der Waals surface area contributed by atoms with Crippen molar-refractivity contribution >= 4 is 12.6 Å². The third kappa shape index (κ3) is 7.65. The maximum absolute atomic E-state index is 5.80.